The number of benzene rings is 2. The van der Waals surface area contributed by atoms with Crippen LogP contribution >= 0.6 is 34.8 Å². The smallest absolute Gasteiger partial charge is 0.259 e. The van der Waals surface area contributed by atoms with Crippen molar-refractivity contribution < 1.29 is 18.7 Å². The van der Waals surface area contributed by atoms with E-state index < -0.39 is 11.7 Å². The van der Waals surface area contributed by atoms with Crippen molar-refractivity contribution in [2.75, 3.05) is 33.3 Å². The van der Waals surface area contributed by atoms with E-state index in [-0.39, 0.29) is 64.0 Å². The van der Waals surface area contributed by atoms with Crippen LogP contribution in [0.25, 0.3) is 0 Å². The molecule has 0 atom stereocenters. The topological polar surface area (TPSA) is 49.9 Å². The van der Waals surface area contributed by atoms with E-state index >= 15 is 0 Å². The molecule has 2 aromatic carbocycles. The van der Waals surface area contributed by atoms with Crippen molar-refractivity contribution in [1.82, 2.24) is 9.80 Å². The van der Waals surface area contributed by atoms with E-state index in [9.17, 15) is 14.0 Å². The molecule has 1 heterocycles. The Kier molecular flexibility index (Phi) is 6.33. The Morgan fingerprint density at radius 3 is 1.89 bits per heavy atom. The molecule has 1 saturated heterocycles. The van der Waals surface area contributed by atoms with Crippen LogP contribution in [0.3, 0.4) is 0 Å². The largest absolute Gasteiger partial charge is 0.494 e. The Hall–Kier alpha value is -2.02. The third-order valence-electron chi connectivity index (χ3n) is 4.51. The van der Waals surface area contributed by atoms with Gasteiger partial charge in [0.05, 0.1) is 27.7 Å². The number of carbonyl (C=O) groups is 2. The maximum Gasteiger partial charge on any atom is 0.259 e. The number of ether oxygens (including phenoxy) is 1. The van der Waals surface area contributed by atoms with E-state index in [1.54, 1.807) is 11.0 Å². The second-order valence-electron chi connectivity index (χ2n) is 6.12. The molecule has 148 valence electrons. The van der Waals surface area contributed by atoms with Gasteiger partial charge < -0.3 is 14.5 Å². The van der Waals surface area contributed by atoms with Gasteiger partial charge >= 0.3 is 0 Å². The van der Waals surface area contributed by atoms with Gasteiger partial charge in [0.25, 0.3) is 11.8 Å². The summed E-state index contributed by atoms with van der Waals surface area (Å²) in [5.74, 6) is -1.32. The van der Waals surface area contributed by atoms with Crippen molar-refractivity contribution in [2.45, 2.75) is 0 Å². The zero-order chi connectivity index (χ0) is 20.4. The molecule has 3 rings (SSSR count). The summed E-state index contributed by atoms with van der Waals surface area (Å²) >= 11 is 18.2. The number of halogens is 4. The predicted molar refractivity (Wildman–Crippen MR) is 106 cm³/mol. The summed E-state index contributed by atoms with van der Waals surface area (Å²) in [4.78, 5) is 28.6. The fourth-order valence-electron chi connectivity index (χ4n) is 3.06. The first-order chi connectivity index (χ1) is 13.3. The summed E-state index contributed by atoms with van der Waals surface area (Å²) in [6, 6.07) is 7.17. The Balaban J connectivity index is 1.75. The van der Waals surface area contributed by atoms with Gasteiger partial charge in [0, 0.05) is 26.2 Å². The Bertz CT molecular complexity index is 911. The summed E-state index contributed by atoms with van der Waals surface area (Å²) in [7, 11) is 1.41. The number of piperazine rings is 1. The number of amides is 2. The van der Waals surface area contributed by atoms with Crippen LogP contribution in [-0.2, 0) is 0 Å². The normalized spacial score (nSPS) is 14.2. The van der Waals surface area contributed by atoms with Crippen molar-refractivity contribution in [2.24, 2.45) is 0 Å². The minimum Gasteiger partial charge on any atom is -0.494 e. The minimum atomic E-state index is -0.675. The average molecular weight is 446 g/mol. The van der Waals surface area contributed by atoms with E-state index in [4.69, 9.17) is 39.5 Å². The molecule has 1 aliphatic rings. The van der Waals surface area contributed by atoms with E-state index in [0.29, 0.717) is 0 Å². The highest BCUT2D eigenvalue weighted by atomic mass is 35.5. The standard InChI is InChI=1S/C19H16Cl3FN2O3/c1-28-17-13(22)6-5-12(21)16(17)19(27)25-9-7-24(8-10-25)18(26)15-11(20)3-2-4-14(15)23/h2-6H,7-10H2,1H3. The summed E-state index contributed by atoms with van der Waals surface area (Å²) in [5.41, 5.74) is 0.0112. The second kappa shape index (κ2) is 8.55. The number of rotatable bonds is 3. The summed E-state index contributed by atoms with van der Waals surface area (Å²) in [6.45, 7) is 0.969. The molecule has 0 aromatic heterocycles. The second-order valence-corrected chi connectivity index (χ2v) is 7.34. The molecule has 0 radical (unpaired) electrons. The Morgan fingerprint density at radius 2 is 1.36 bits per heavy atom. The number of methoxy groups -OCH3 is 1. The SMILES string of the molecule is COc1c(Cl)ccc(Cl)c1C(=O)N1CCN(C(=O)c2c(F)cccc2Cl)CC1. The number of nitrogens with zero attached hydrogens (tertiary/aromatic N) is 2. The molecule has 1 aliphatic heterocycles. The lowest BCUT2D eigenvalue weighted by atomic mass is 10.1. The molecular formula is C19H16Cl3FN2O3. The molecule has 0 N–H and O–H groups in total. The first-order valence-electron chi connectivity index (χ1n) is 8.39. The maximum atomic E-state index is 14.0. The molecule has 28 heavy (non-hydrogen) atoms. The molecule has 5 nitrogen and oxygen atoms in total. The fourth-order valence-corrected chi connectivity index (χ4v) is 3.77. The van der Waals surface area contributed by atoms with Gasteiger partial charge in [0.15, 0.2) is 5.75 Å². The van der Waals surface area contributed by atoms with Gasteiger partial charge in [0.1, 0.15) is 11.4 Å². The quantitative estimate of drug-likeness (QED) is 0.704. The van der Waals surface area contributed by atoms with Crippen LogP contribution in [0.5, 0.6) is 5.75 Å². The van der Waals surface area contributed by atoms with Crippen molar-refractivity contribution >= 4 is 46.6 Å². The van der Waals surface area contributed by atoms with Gasteiger partial charge in [-0.2, -0.15) is 0 Å². The van der Waals surface area contributed by atoms with Gasteiger partial charge in [-0.1, -0.05) is 40.9 Å². The number of hydrogen-bond donors (Lipinski definition) is 0. The zero-order valence-electron chi connectivity index (χ0n) is 14.8. The summed E-state index contributed by atoms with van der Waals surface area (Å²) in [6.07, 6.45) is 0. The van der Waals surface area contributed by atoms with Crippen molar-refractivity contribution in [3.63, 3.8) is 0 Å². The molecule has 0 spiro atoms. The van der Waals surface area contributed by atoms with E-state index in [0.717, 1.165) is 0 Å². The molecular weight excluding hydrogens is 430 g/mol. The summed E-state index contributed by atoms with van der Waals surface area (Å²) < 4.78 is 19.2. The first kappa shape index (κ1) is 20.7. The van der Waals surface area contributed by atoms with Gasteiger partial charge in [-0.25, -0.2) is 4.39 Å². The van der Waals surface area contributed by atoms with Crippen LogP contribution in [0.4, 0.5) is 4.39 Å². The van der Waals surface area contributed by atoms with Crippen molar-refractivity contribution in [1.29, 1.82) is 0 Å². The fraction of sp³-hybridized carbons (Fsp3) is 0.263. The Morgan fingerprint density at radius 1 is 0.857 bits per heavy atom. The molecule has 1 fully saturated rings. The highest BCUT2D eigenvalue weighted by Crippen LogP contribution is 2.35. The van der Waals surface area contributed by atoms with Crippen LogP contribution < -0.4 is 4.74 Å². The van der Waals surface area contributed by atoms with Crippen molar-refractivity contribution in [3.05, 3.63) is 62.3 Å². The van der Waals surface area contributed by atoms with Crippen LogP contribution in [0, 0.1) is 5.82 Å². The predicted octanol–water partition coefficient (Wildman–Crippen LogP) is 4.39. The van der Waals surface area contributed by atoms with Crippen LogP contribution in [0.15, 0.2) is 30.3 Å². The van der Waals surface area contributed by atoms with Crippen molar-refractivity contribution in [3.8, 4) is 5.75 Å². The maximum absolute atomic E-state index is 14.0. The van der Waals surface area contributed by atoms with Crippen LogP contribution in [-0.4, -0.2) is 54.9 Å². The third-order valence-corrected chi connectivity index (χ3v) is 5.44. The van der Waals surface area contributed by atoms with Crippen LogP contribution in [0.1, 0.15) is 20.7 Å². The molecule has 0 aliphatic carbocycles. The molecule has 0 saturated carbocycles. The Labute approximate surface area is 176 Å². The molecule has 0 bridgehead atoms. The average Bonchev–Trinajstić information content (AvgIpc) is 2.68. The van der Waals surface area contributed by atoms with Gasteiger partial charge in [-0.15, -0.1) is 0 Å². The highest BCUT2D eigenvalue weighted by Gasteiger charge is 2.30. The van der Waals surface area contributed by atoms with Crippen LogP contribution in [0.2, 0.25) is 15.1 Å². The van der Waals surface area contributed by atoms with E-state index in [2.05, 4.69) is 0 Å². The van der Waals surface area contributed by atoms with E-state index in [1.165, 1.54) is 36.3 Å². The summed E-state index contributed by atoms with van der Waals surface area (Å²) in [5, 5.41) is 0.556. The molecule has 2 amide bonds. The zero-order valence-corrected chi connectivity index (χ0v) is 17.1. The van der Waals surface area contributed by atoms with Gasteiger partial charge in [0.2, 0.25) is 0 Å². The van der Waals surface area contributed by atoms with Gasteiger partial charge in [-0.3, -0.25) is 9.59 Å². The minimum absolute atomic E-state index is 0.0546. The van der Waals surface area contributed by atoms with Gasteiger partial charge in [-0.05, 0) is 24.3 Å². The number of carbonyl (C=O) groups excluding carboxylic acids is 2. The lowest BCUT2D eigenvalue weighted by molar-refractivity contribution is 0.0531. The monoisotopic (exact) mass is 444 g/mol. The first-order valence-corrected chi connectivity index (χ1v) is 9.53. The lowest BCUT2D eigenvalue weighted by Gasteiger charge is -2.35. The third kappa shape index (κ3) is 3.90. The lowest BCUT2D eigenvalue weighted by Crippen LogP contribution is -2.50. The molecule has 9 heteroatoms. The van der Waals surface area contributed by atoms with E-state index in [1.807, 2.05) is 0 Å². The molecule has 0 unspecified atom stereocenters. The highest BCUT2D eigenvalue weighted by molar-refractivity contribution is 6.37. The molecule has 2 aromatic rings. The number of hydrogen-bond acceptors (Lipinski definition) is 3.